The molecule has 0 aliphatic carbocycles. The van der Waals surface area contributed by atoms with E-state index in [2.05, 4.69) is 27.7 Å². The fourth-order valence-corrected chi connectivity index (χ4v) is 5.89. The molecule has 0 fully saturated rings. The van der Waals surface area contributed by atoms with Crippen molar-refractivity contribution in [3.05, 3.63) is 0 Å². The predicted octanol–water partition coefficient (Wildman–Crippen LogP) is 12.4. The van der Waals surface area contributed by atoms with Crippen molar-refractivity contribution in [3.63, 3.8) is 0 Å². The maximum absolute atomic E-state index is 12.6. The van der Waals surface area contributed by atoms with Gasteiger partial charge in [-0.3, -0.25) is 14.4 Å². The monoisotopic (exact) mass is 667 g/mol. The maximum Gasteiger partial charge on any atom is 0.306 e. The largest absolute Gasteiger partial charge is 0.462 e. The Morgan fingerprint density at radius 2 is 0.745 bits per heavy atom. The molecule has 6 heteroatoms. The van der Waals surface area contributed by atoms with E-state index >= 15 is 0 Å². The van der Waals surface area contributed by atoms with Crippen LogP contribution in [0.4, 0.5) is 0 Å². The van der Waals surface area contributed by atoms with Crippen LogP contribution in [0, 0.1) is 5.92 Å². The zero-order chi connectivity index (χ0) is 34.6. The number of esters is 3. The zero-order valence-electron chi connectivity index (χ0n) is 31.7. The van der Waals surface area contributed by atoms with Crippen molar-refractivity contribution in [1.29, 1.82) is 0 Å². The van der Waals surface area contributed by atoms with Crippen LogP contribution in [-0.2, 0) is 28.6 Å². The van der Waals surface area contributed by atoms with Gasteiger partial charge in [0.25, 0.3) is 0 Å². The molecule has 0 saturated carbocycles. The van der Waals surface area contributed by atoms with Gasteiger partial charge in [-0.2, -0.15) is 0 Å². The Kier molecular flexibility index (Phi) is 34.5. The van der Waals surface area contributed by atoms with Crippen molar-refractivity contribution in [2.45, 2.75) is 226 Å². The molecule has 0 aromatic heterocycles. The molecule has 0 aromatic carbocycles. The Bertz CT molecular complexity index is 708. The van der Waals surface area contributed by atoms with Crippen LogP contribution in [0.15, 0.2) is 0 Å². The van der Waals surface area contributed by atoms with E-state index in [1.807, 2.05) is 0 Å². The van der Waals surface area contributed by atoms with Gasteiger partial charge in [0.2, 0.25) is 0 Å². The summed E-state index contributed by atoms with van der Waals surface area (Å²) in [5.41, 5.74) is 0. The summed E-state index contributed by atoms with van der Waals surface area (Å²) in [6.45, 7) is 8.86. The minimum atomic E-state index is -0.757. The van der Waals surface area contributed by atoms with Crippen LogP contribution in [-0.4, -0.2) is 37.2 Å². The summed E-state index contributed by atoms with van der Waals surface area (Å²) in [4.78, 5) is 37.3. The molecule has 1 unspecified atom stereocenters. The average molecular weight is 667 g/mol. The first-order valence-electron chi connectivity index (χ1n) is 20.4. The molecule has 6 nitrogen and oxygen atoms in total. The Balaban J connectivity index is 4.23. The van der Waals surface area contributed by atoms with Gasteiger partial charge in [-0.25, -0.2) is 0 Å². The molecule has 0 radical (unpaired) electrons. The lowest BCUT2D eigenvalue weighted by molar-refractivity contribution is -0.167. The first-order chi connectivity index (χ1) is 22.9. The summed E-state index contributed by atoms with van der Waals surface area (Å²) in [5.74, 6) is -0.0679. The summed E-state index contributed by atoms with van der Waals surface area (Å²) >= 11 is 0. The third kappa shape index (κ3) is 34.1. The molecule has 278 valence electrons. The molecule has 0 heterocycles. The van der Waals surface area contributed by atoms with Gasteiger partial charge in [-0.1, -0.05) is 182 Å². The average Bonchev–Trinajstić information content (AvgIpc) is 3.06. The molecule has 0 aliphatic rings. The van der Waals surface area contributed by atoms with Crippen LogP contribution < -0.4 is 0 Å². The Morgan fingerprint density at radius 3 is 1.11 bits per heavy atom. The summed E-state index contributed by atoms with van der Waals surface area (Å²) in [5, 5.41) is 0. The number of hydrogen-bond acceptors (Lipinski definition) is 6. The Labute approximate surface area is 291 Å². The van der Waals surface area contributed by atoms with Crippen LogP contribution in [0.1, 0.15) is 220 Å². The maximum atomic E-state index is 12.6. The number of carbonyl (C=O) groups is 3. The van der Waals surface area contributed by atoms with Gasteiger partial charge in [-0.05, 0) is 25.2 Å². The number of hydrogen-bond donors (Lipinski definition) is 0. The van der Waals surface area contributed by atoms with Crippen molar-refractivity contribution in [2.24, 2.45) is 5.92 Å². The molecule has 0 spiro atoms. The fourth-order valence-electron chi connectivity index (χ4n) is 5.89. The Morgan fingerprint density at radius 1 is 0.426 bits per heavy atom. The number of rotatable bonds is 36. The van der Waals surface area contributed by atoms with Crippen molar-refractivity contribution in [3.8, 4) is 0 Å². The smallest absolute Gasteiger partial charge is 0.306 e. The molecule has 0 aromatic rings. The molecule has 0 rings (SSSR count). The summed E-state index contributed by atoms with van der Waals surface area (Å²) < 4.78 is 16.5. The van der Waals surface area contributed by atoms with Gasteiger partial charge in [0.05, 0.1) is 0 Å². The van der Waals surface area contributed by atoms with Crippen molar-refractivity contribution >= 4 is 17.9 Å². The minimum Gasteiger partial charge on any atom is -0.462 e. The molecule has 47 heavy (non-hydrogen) atoms. The van der Waals surface area contributed by atoms with Crippen molar-refractivity contribution in [1.82, 2.24) is 0 Å². The Hall–Kier alpha value is -1.59. The van der Waals surface area contributed by atoms with E-state index in [0.717, 1.165) is 70.1 Å². The van der Waals surface area contributed by atoms with E-state index < -0.39 is 6.10 Å². The number of ether oxygens (including phenoxy) is 3. The van der Waals surface area contributed by atoms with Crippen LogP contribution in [0.25, 0.3) is 0 Å². The summed E-state index contributed by atoms with van der Waals surface area (Å²) in [6.07, 6.45) is 32.6. The topological polar surface area (TPSA) is 78.9 Å². The molecule has 0 aliphatic heterocycles. The summed E-state index contributed by atoms with van der Waals surface area (Å²) in [6, 6.07) is 0. The van der Waals surface area contributed by atoms with E-state index in [1.54, 1.807) is 0 Å². The van der Waals surface area contributed by atoms with Gasteiger partial charge < -0.3 is 14.2 Å². The number of unbranched alkanes of at least 4 members (excludes halogenated alkanes) is 22. The van der Waals surface area contributed by atoms with Crippen LogP contribution in [0.2, 0.25) is 0 Å². The highest BCUT2D eigenvalue weighted by Gasteiger charge is 2.19. The van der Waals surface area contributed by atoms with Crippen molar-refractivity contribution < 1.29 is 28.6 Å². The summed E-state index contributed by atoms with van der Waals surface area (Å²) in [7, 11) is 0. The van der Waals surface area contributed by atoms with E-state index in [-0.39, 0.29) is 31.1 Å². The second-order valence-corrected chi connectivity index (χ2v) is 14.2. The first kappa shape index (κ1) is 45.4. The van der Waals surface area contributed by atoms with Crippen molar-refractivity contribution in [2.75, 3.05) is 13.2 Å². The second-order valence-electron chi connectivity index (χ2n) is 14.2. The third-order valence-electron chi connectivity index (χ3n) is 9.40. The second kappa shape index (κ2) is 35.7. The lowest BCUT2D eigenvalue weighted by atomic mass is 10.00. The SMILES string of the molecule is CCCCCCCCCCCCCCCCC(=O)OC[C@H](COC(=O)CCCCCCC)OC(=O)CCCCCCCCC(C)CC. The zero-order valence-corrected chi connectivity index (χ0v) is 31.7. The third-order valence-corrected chi connectivity index (χ3v) is 9.40. The van der Waals surface area contributed by atoms with E-state index in [0.29, 0.717) is 19.3 Å². The van der Waals surface area contributed by atoms with Crippen LogP contribution >= 0.6 is 0 Å². The lowest BCUT2D eigenvalue weighted by Gasteiger charge is -2.18. The minimum absolute atomic E-state index is 0.0663. The molecule has 0 saturated heterocycles. The normalized spacial score (nSPS) is 12.5. The fraction of sp³-hybridized carbons (Fsp3) is 0.927. The van der Waals surface area contributed by atoms with Crippen LogP contribution in [0.5, 0.6) is 0 Å². The van der Waals surface area contributed by atoms with Gasteiger partial charge in [0, 0.05) is 19.3 Å². The van der Waals surface area contributed by atoms with Gasteiger partial charge in [0.1, 0.15) is 13.2 Å². The molecule has 2 atom stereocenters. The highest BCUT2D eigenvalue weighted by molar-refractivity contribution is 5.71. The van der Waals surface area contributed by atoms with E-state index in [1.165, 1.54) is 109 Å². The standard InChI is InChI=1S/C41H78O6/c1-5-8-10-12-13-14-15-16-17-18-19-20-25-29-33-40(43)46-36-38(35-45-39(42)32-28-23-11-9-6-2)47-41(44)34-30-26-22-21-24-27-31-37(4)7-3/h37-38H,5-36H2,1-4H3/t37?,38-/m0/s1. The first-order valence-corrected chi connectivity index (χ1v) is 20.4. The molecular formula is C41H78O6. The van der Waals surface area contributed by atoms with Gasteiger partial charge >= 0.3 is 17.9 Å². The van der Waals surface area contributed by atoms with Crippen LogP contribution in [0.3, 0.4) is 0 Å². The highest BCUT2D eigenvalue weighted by atomic mass is 16.6. The van der Waals surface area contributed by atoms with E-state index in [4.69, 9.17) is 14.2 Å². The predicted molar refractivity (Wildman–Crippen MR) is 196 cm³/mol. The molecular weight excluding hydrogens is 588 g/mol. The lowest BCUT2D eigenvalue weighted by Crippen LogP contribution is -2.30. The highest BCUT2D eigenvalue weighted by Crippen LogP contribution is 2.16. The van der Waals surface area contributed by atoms with E-state index in [9.17, 15) is 14.4 Å². The van der Waals surface area contributed by atoms with Gasteiger partial charge in [-0.15, -0.1) is 0 Å². The van der Waals surface area contributed by atoms with Gasteiger partial charge in [0.15, 0.2) is 6.10 Å². The quantitative estimate of drug-likeness (QED) is 0.0376. The molecule has 0 N–H and O–H groups in total. The molecule has 0 amide bonds. The number of carbonyl (C=O) groups excluding carboxylic acids is 3. The molecule has 0 bridgehead atoms.